The smallest absolute Gasteiger partial charge is 0.250 e. The summed E-state index contributed by atoms with van der Waals surface area (Å²) >= 11 is 1.14. The van der Waals surface area contributed by atoms with Gasteiger partial charge in [-0.2, -0.15) is 0 Å². The third kappa shape index (κ3) is 4.37. The SMILES string of the molecule is CC(=O)N(CCNS(=O)(=O)c1ccc(C)s1)c1ccc(F)c(F)c1. The number of carbonyl (C=O) groups excluding carboxylic acids is 1. The predicted molar refractivity (Wildman–Crippen MR) is 88.6 cm³/mol. The van der Waals surface area contributed by atoms with Gasteiger partial charge >= 0.3 is 0 Å². The molecule has 1 aromatic heterocycles. The van der Waals surface area contributed by atoms with Crippen molar-refractivity contribution in [3.63, 3.8) is 0 Å². The zero-order valence-electron chi connectivity index (χ0n) is 13.0. The number of hydrogen-bond acceptors (Lipinski definition) is 4. The molecule has 2 rings (SSSR count). The average molecular weight is 374 g/mol. The molecule has 0 aliphatic rings. The highest BCUT2D eigenvalue weighted by Gasteiger charge is 2.18. The van der Waals surface area contributed by atoms with Crippen LogP contribution in [0.5, 0.6) is 0 Å². The molecule has 0 spiro atoms. The van der Waals surface area contributed by atoms with Crippen molar-refractivity contribution in [2.75, 3.05) is 18.0 Å². The Hall–Kier alpha value is -1.84. The highest BCUT2D eigenvalue weighted by atomic mass is 32.2. The minimum absolute atomic E-state index is 0.00993. The first-order chi connectivity index (χ1) is 11.2. The fourth-order valence-corrected chi connectivity index (χ4v) is 4.39. The highest BCUT2D eigenvalue weighted by molar-refractivity contribution is 7.91. The summed E-state index contributed by atoms with van der Waals surface area (Å²) < 4.78 is 53.1. The molecule has 1 heterocycles. The van der Waals surface area contributed by atoms with Crippen LogP contribution in [-0.2, 0) is 14.8 Å². The molecule has 24 heavy (non-hydrogen) atoms. The van der Waals surface area contributed by atoms with Crippen molar-refractivity contribution in [1.82, 2.24) is 4.72 Å². The second-order valence-electron chi connectivity index (χ2n) is 5.03. The van der Waals surface area contributed by atoms with Crippen LogP contribution in [0.2, 0.25) is 0 Å². The van der Waals surface area contributed by atoms with Gasteiger partial charge in [0.15, 0.2) is 11.6 Å². The van der Waals surface area contributed by atoms with E-state index in [-0.39, 0.29) is 23.0 Å². The summed E-state index contributed by atoms with van der Waals surface area (Å²) in [5.74, 6) is -2.50. The highest BCUT2D eigenvalue weighted by Crippen LogP contribution is 2.21. The first-order valence-corrected chi connectivity index (χ1v) is 9.30. The molecule has 0 saturated heterocycles. The van der Waals surface area contributed by atoms with Gasteiger partial charge in [0.1, 0.15) is 4.21 Å². The number of sulfonamides is 1. The number of aryl methyl sites for hydroxylation is 1. The first kappa shape index (κ1) is 18.5. The fourth-order valence-electron chi connectivity index (χ4n) is 2.04. The summed E-state index contributed by atoms with van der Waals surface area (Å²) in [6, 6.07) is 6.27. The molecule has 9 heteroatoms. The molecule has 0 atom stereocenters. The lowest BCUT2D eigenvalue weighted by Crippen LogP contribution is -2.37. The molecule has 1 aromatic carbocycles. The number of thiophene rings is 1. The van der Waals surface area contributed by atoms with Gasteiger partial charge in [-0.05, 0) is 31.2 Å². The Kier molecular flexibility index (Phi) is 5.68. The zero-order chi connectivity index (χ0) is 17.9. The molecule has 0 radical (unpaired) electrons. The van der Waals surface area contributed by atoms with Gasteiger partial charge < -0.3 is 4.90 Å². The van der Waals surface area contributed by atoms with Gasteiger partial charge in [-0.3, -0.25) is 4.79 Å². The van der Waals surface area contributed by atoms with Crippen LogP contribution >= 0.6 is 11.3 Å². The lowest BCUT2D eigenvalue weighted by molar-refractivity contribution is -0.116. The van der Waals surface area contributed by atoms with Gasteiger partial charge in [0.2, 0.25) is 15.9 Å². The van der Waals surface area contributed by atoms with Crippen LogP contribution in [-0.4, -0.2) is 27.4 Å². The minimum atomic E-state index is -3.66. The predicted octanol–water partition coefficient (Wildman–Crippen LogP) is 2.67. The van der Waals surface area contributed by atoms with E-state index >= 15 is 0 Å². The van der Waals surface area contributed by atoms with Crippen molar-refractivity contribution >= 4 is 33.0 Å². The lowest BCUT2D eigenvalue weighted by Gasteiger charge is -2.21. The molecule has 5 nitrogen and oxygen atoms in total. The molecule has 2 aromatic rings. The molecule has 1 amide bonds. The molecule has 0 bridgehead atoms. The Morgan fingerprint density at radius 2 is 1.92 bits per heavy atom. The van der Waals surface area contributed by atoms with Gasteiger partial charge in [-0.15, -0.1) is 11.3 Å². The molecule has 0 aliphatic carbocycles. The maximum Gasteiger partial charge on any atom is 0.250 e. The van der Waals surface area contributed by atoms with Crippen LogP contribution < -0.4 is 9.62 Å². The first-order valence-electron chi connectivity index (χ1n) is 7.00. The summed E-state index contributed by atoms with van der Waals surface area (Å²) in [6.45, 7) is 2.99. The van der Waals surface area contributed by atoms with E-state index in [0.29, 0.717) is 0 Å². The van der Waals surface area contributed by atoms with Crippen LogP contribution in [0, 0.1) is 18.6 Å². The van der Waals surface area contributed by atoms with Crippen LogP contribution in [0.15, 0.2) is 34.5 Å². The van der Waals surface area contributed by atoms with Crippen LogP contribution in [0.3, 0.4) is 0 Å². The summed E-state index contributed by atoms with van der Waals surface area (Å²) in [4.78, 5) is 13.7. The molecule has 0 fully saturated rings. The summed E-state index contributed by atoms with van der Waals surface area (Å²) in [7, 11) is -3.66. The third-order valence-corrected chi connectivity index (χ3v) is 6.16. The van der Waals surface area contributed by atoms with Gasteiger partial charge in [0.05, 0.1) is 0 Å². The van der Waals surface area contributed by atoms with Gasteiger partial charge in [-0.25, -0.2) is 21.9 Å². The summed E-state index contributed by atoms with van der Waals surface area (Å²) in [5.41, 5.74) is 0.160. The number of benzene rings is 1. The van der Waals surface area contributed by atoms with E-state index in [0.717, 1.165) is 28.3 Å². The minimum Gasteiger partial charge on any atom is -0.311 e. The Morgan fingerprint density at radius 1 is 1.21 bits per heavy atom. The number of rotatable bonds is 6. The molecular weight excluding hydrogens is 358 g/mol. The number of amides is 1. The van der Waals surface area contributed by atoms with E-state index < -0.39 is 27.6 Å². The largest absolute Gasteiger partial charge is 0.311 e. The maximum absolute atomic E-state index is 13.3. The van der Waals surface area contributed by atoms with E-state index in [1.54, 1.807) is 13.0 Å². The monoisotopic (exact) mass is 374 g/mol. The molecule has 130 valence electrons. The number of nitrogens with zero attached hydrogens (tertiary/aromatic N) is 1. The quantitative estimate of drug-likeness (QED) is 0.845. The summed E-state index contributed by atoms with van der Waals surface area (Å²) in [5, 5.41) is 0. The van der Waals surface area contributed by atoms with Crippen molar-refractivity contribution in [1.29, 1.82) is 0 Å². The van der Waals surface area contributed by atoms with E-state index in [2.05, 4.69) is 4.72 Å². The standard InChI is InChI=1S/C15H16F2N2O3S2/c1-10-3-6-15(23-10)24(21,22)18-7-8-19(11(2)20)12-4-5-13(16)14(17)9-12/h3-6,9,18H,7-8H2,1-2H3. The average Bonchev–Trinajstić information content (AvgIpc) is 2.94. The van der Waals surface area contributed by atoms with Crippen LogP contribution in [0.1, 0.15) is 11.8 Å². The number of nitrogens with one attached hydrogen (secondary N) is 1. The van der Waals surface area contributed by atoms with Crippen molar-refractivity contribution in [2.24, 2.45) is 0 Å². The van der Waals surface area contributed by atoms with Crippen molar-refractivity contribution in [3.05, 3.63) is 46.8 Å². The van der Waals surface area contributed by atoms with Gasteiger partial charge in [0.25, 0.3) is 0 Å². The molecular formula is C15H16F2N2O3S2. The van der Waals surface area contributed by atoms with Crippen molar-refractivity contribution in [2.45, 2.75) is 18.1 Å². The topological polar surface area (TPSA) is 66.5 Å². The lowest BCUT2D eigenvalue weighted by atomic mass is 10.2. The number of halogens is 2. The second kappa shape index (κ2) is 7.37. The van der Waals surface area contributed by atoms with Crippen LogP contribution in [0.25, 0.3) is 0 Å². The third-order valence-electron chi connectivity index (χ3n) is 3.20. The molecule has 0 unspecified atom stereocenters. The second-order valence-corrected chi connectivity index (χ2v) is 8.31. The fraction of sp³-hybridized carbons (Fsp3) is 0.267. The maximum atomic E-state index is 13.3. The number of hydrogen-bond donors (Lipinski definition) is 1. The van der Waals surface area contributed by atoms with Crippen molar-refractivity contribution < 1.29 is 22.0 Å². The Bertz CT molecular complexity index is 850. The zero-order valence-corrected chi connectivity index (χ0v) is 14.7. The van der Waals surface area contributed by atoms with Crippen molar-refractivity contribution in [3.8, 4) is 0 Å². The van der Waals surface area contributed by atoms with E-state index in [1.807, 2.05) is 0 Å². The Morgan fingerprint density at radius 3 is 2.46 bits per heavy atom. The van der Waals surface area contributed by atoms with Gasteiger partial charge in [-0.1, -0.05) is 0 Å². The molecule has 1 N–H and O–H groups in total. The Balaban J connectivity index is 2.07. The normalized spacial score (nSPS) is 11.5. The number of anilines is 1. The van der Waals surface area contributed by atoms with Crippen LogP contribution in [0.4, 0.5) is 14.5 Å². The molecule has 0 aliphatic heterocycles. The van der Waals surface area contributed by atoms with E-state index in [1.165, 1.54) is 24.0 Å². The summed E-state index contributed by atoms with van der Waals surface area (Å²) in [6.07, 6.45) is 0. The Labute approximate surface area is 143 Å². The number of carbonyl (C=O) groups is 1. The molecule has 0 saturated carbocycles. The van der Waals surface area contributed by atoms with E-state index in [4.69, 9.17) is 0 Å². The van der Waals surface area contributed by atoms with E-state index in [9.17, 15) is 22.0 Å². The van der Waals surface area contributed by atoms with Gasteiger partial charge in [0, 0.05) is 36.6 Å².